The van der Waals surface area contributed by atoms with Gasteiger partial charge in [-0.15, -0.1) is 0 Å². The van der Waals surface area contributed by atoms with Crippen LogP contribution >= 0.6 is 0 Å². The molecule has 1 amide bonds. The molecule has 0 saturated carbocycles. The summed E-state index contributed by atoms with van der Waals surface area (Å²) in [5.41, 5.74) is 2.08. The van der Waals surface area contributed by atoms with Crippen molar-refractivity contribution in [3.63, 3.8) is 0 Å². The minimum atomic E-state index is -0.252. The van der Waals surface area contributed by atoms with E-state index in [9.17, 15) is 4.79 Å². The van der Waals surface area contributed by atoms with Gasteiger partial charge in [0.2, 0.25) is 0 Å². The highest BCUT2D eigenvalue weighted by atomic mass is 16.6. The molecule has 20 heavy (non-hydrogen) atoms. The zero-order chi connectivity index (χ0) is 14.4. The molecule has 0 aromatic heterocycles. The highest BCUT2D eigenvalue weighted by Gasteiger charge is 2.18. The molecule has 0 spiro atoms. The highest BCUT2D eigenvalue weighted by molar-refractivity contribution is 5.59. The van der Waals surface area contributed by atoms with Crippen molar-refractivity contribution in [3.8, 4) is 0 Å². The number of carbonyl (C=O) groups excluding carboxylic acids is 1. The molecule has 1 aromatic rings. The molecular formula is C16H25N2O2+. The Kier molecular flexibility index (Phi) is 5.56. The largest absolute Gasteiger partial charge is 0.518 e. The van der Waals surface area contributed by atoms with E-state index in [0.717, 1.165) is 25.3 Å². The van der Waals surface area contributed by atoms with Gasteiger partial charge in [0.25, 0.3) is 0 Å². The Hall–Kier alpha value is -1.39. The first-order valence-corrected chi connectivity index (χ1v) is 7.48. The average molecular weight is 277 g/mol. The maximum absolute atomic E-state index is 11.9. The highest BCUT2D eigenvalue weighted by Crippen LogP contribution is 2.09. The third-order valence-electron chi connectivity index (χ3n) is 3.64. The molecular weight excluding hydrogens is 252 g/mol. The number of amides is 1. The van der Waals surface area contributed by atoms with Gasteiger partial charge < -0.3 is 4.74 Å². The second kappa shape index (κ2) is 7.41. The third-order valence-corrected chi connectivity index (χ3v) is 3.64. The molecule has 0 radical (unpaired) electrons. The number of quaternary nitrogens is 1. The number of ether oxygens (including phenoxy) is 1. The van der Waals surface area contributed by atoms with E-state index < -0.39 is 0 Å². The fourth-order valence-corrected chi connectivity index (χ4v) is 2.57. The summed E-state index contributed by atoms with van der Waals surface area (Å²) >= 11 is 0. The van der Waals surface area contributed by atoms with E-state index in [1.807, 2.05) is 38.1 Å². The predicted octanol–water partition coefficient (Wildman–Crippen LogP) is 2.20. The van der Waals surface area contributed by atoms with Gasteiger partial charge in [0.05, 0.1) is 0 Å². The van der Waals surface area contributed by atoms with Crippen LogP contribution in [-0.4, -0.2) is 36.7 Å². The van der Waals surface area contributed by atoms with E-state index in [4.69, 9.17) is 4.74 Å². The van der Waals surface area contributed by atoms with E-state index in [1.54, 1.807) is 5.32 Å². The standard InChI is InChI=1S/C16H24N2O2/c1-13-6-8-15(9-7-13)17-16(19)20-14(2)12-18-10-4-3-5-11-18/h6-9,14H,3-5,10-12H2,1-2H3,(H,17,19)/p+1/t14-/m1/s1. The van der Waals surface area contributed by atoms with Crippen LogP contribution < -0.4 is 5.32 Å². The first kappa shape index (κ1) is 15.0. The summed E-state index contributed by atoms with van der Waals surface area (Å²) in [6, 6.07) is 7.87. The first-order chi connectivity index (χ1) is 9.63. The first-order valence-electron chi connectivity index (χ1n) is 7.48. The van der Waals surface area contributed by atoms with Crippen molar-refractivity contribution in [3.05, 3.63) is 29.8 Å². The van der Waals surface area contributed by atoms with Crippen LogP contribution in [0, 0.1) is 6.92 Å². The third kappa shape index (κ3) is 4.94. The van der Waals surface area contributed by atoms with Gasteiger partial charge in [0.15, 0.2) is 0 Å². The molecule has 4 nitrogen and oxygen atoms in total. The molecule has 1 heterocycles. The van der Waals surface area contributed by atoms with Crippen LogP contribution in [0.1, 0.15) is 31.7 Å². The summed E-state index contributed by atoms with van der Waals surface area (Å²) in [6.07, 6.45) is 3.54. The molecule has 1 aliphatic heterocycles. The topological polar surface area (TPSA) is 46.1 Å². The zero-order valence-corrected chi connectivity index (χ0v) is 12.5. The van der Waals surface area contributed by atoms with E-state index in [-0.39, 0.29) is 12.2 Å². The van der Waals surface area contributed by atoms with Gasteiger partial charge in [-0.05, 0) is 51.9 Å². The minimum Gasteiger partial charge on any atom is -0.415 e. The molecule has 1 aromatic carbocycles. The quantitative estimate of drug-likeness (QED) is 0.858. The molecule has 0 unspecified atom stereocenters. The predicted molar refractivity (Wildman–Crippen MR) is 79.0 cm³/mol. The Morgan fingerprint density at radius 3 is 2.55 bits per heavy atom. The molecule has 110 valence electrons. The lowest BCUT2D eigenvalue weighted by atomic mass is 10.1. The minimum absolute atomic E-state index is 0.0534. The van der Waals surface area contributed by atoms with Crippen LogP contribution in [0.15, 0.2) is 24.3 Å². The Morgan fingerprint density at radius 2 is 1.90 bits per heavy atom. The molecule has 4 heteroatoms. The zero-order valence-electron chi connectivity index (χ0n) is 12.5. The van der Waals surface area contributed by atoms with Gasteiger partial charge in [0, 0.05) is 6.54 Å². The SMILES string of the molecule is Cc1ccc([NH2+]C(=O)O[C@H](C)CN2CCCCC2)cc1. The maximum Gasteiger partial charge on any atom is 0.518 e. The van der Waals surface area contributed by atoms with Gasteiger partial charge in [-0.2, -0.15) is 4.79 Å². The summed E-state index contributed by atoms with van der Waals surface area (Å²) in [7, 11) is 0. The Labute approximate surface area is 121 Å². The lowest BCUT2D eigenvalue weighted by Gasteiger charge is -2.28. The summed E-state index contributed by atoms with van der Waals surface area (Å²) in [4.78, 5) is 14.2. The maximum atomic E-state index is 11.9. The van der Waals surface area contributed by atoms with Gasteiger partial charge in [-0.1, -0.05) is 24.1 Å². The summed E-state index contributed by atoms with van der Waals surface area (Å²) in [5, 5.41) is 1.56. The summed E-state index contributed by atoms with van der Waals surface area (Å²) in [6.45, 7) is 7.10. The van der Waals surface area contributed by atoms with Crippen molar-refractivity contribution in [1.82, 2.24) is 4.90 Å². The number of carbonyl (C=O) groups is 1. The van der Waals surface area contributed by atoms with Gasteiger partial charge in [-0.3, -0.25) is 4.90 Å². The monoisotopic (exact) mass is 277 g/mol. The number of hydrogen-bond donors (Lipinski definition) is 1. The Balaban J connectivity index is 1.74. The van der Waals surface area contributed by atoms with Gasteiger partial charge in [0.1, 0.15) is 11.8 Å². The molecule has 0 aliphatic carbocycles. The van der Waals surface area contributed by atoms with Crippen molar-refractivity contribution in [2.45, 2.75) is 39.2 Å². The van der Waals surface area contributed by atoms with E-state index in [2.05, 4.69) is 4.90 Å². The molecule has 2 rings (SSSR count). The normalized spacial score (nSPS) is 17.7. The number of primary amides is 1. The van der Waals surface area contributed by atoms with E-state index >= 15 is 0 Å². The van der Waals surface area contributed by atoms with Crippen LogP contribution in [-0.2, 0) is 4.74 Å². The molecule has 1 atom stereocenters. The van der Waals surface area contributed by atoms with Crippen molar-refractivity contribution in [1.29, 1.82) is 0 Å². The number of rotatable bonds is 4. The van der Waals surface area contributed by atoms with Crippen LogP contribution in [0.25, 0.3) is 0 Å². The van der Waals surface area contributed by atoms with Crippen LogP contribution in [0.5, 0.6) is 0 Å². The summed E-state index contributed by atoms with van der Waals surface area (Å²) < 4.78 is 5.45. The lowest BCUT2D eigenvalue weighted by Crippen LogP contribution is -2.82. The molecule has 1 aliphatic rings. The number of aryl methyl sites for hydroxylation is 1. The smallest absolute Gasteiger partial charge is 0.415 e. The fraction of sp³-hybridized carbons (Fsp3) is 0.562. The van der Waals surface area contributed by atoms with Crippen LogP contribution in [0.3, 0.4) is 0 Å². The van der Waals surface area contributed by atoms with Crippen LogP contribution in [0.2, 0.25) is 0 Å². The number of benzene rings is 1. The Morgan fingerprint density at radius 1 is 1.25 bits per heavy atom. The van der Waals surface area contributed by atoms with Gasteiger partial charge >= 0.3 is 6.09 Å². The molecule has 0 bridgehead atoms. The Bertz CT molecular complexity index is 425. The van der Waals surface area contributed by atoms with Crippen LogP contribution in [0.4, 0.5) is 10.5 Å². The number of likely N-dealkylation sites (tertiary alicyclic amines) is 1. The second-order valence-corrected chi connectivity index (χ2v) is 5.66. The number of piperidine rings is 1. The number of nitrogens with two attached hydrogens (primary N) is 1. The van der Waals surface area contributed by atoms with Crippen molar-refractivity contribution in [2.24, 2.45) is 0 Å². The van der Waals surface area contributed by atoms with Crippen molar-refractivity contribution in [2.75, 3.05) is 19.6 Å². The second-order valence-electron chi connectivity index (χ2n) is 5.66. The van der Waals surface area contributed by atoms with E-state index in [1.165, 1.54) is 24.8 Å². The van der Waals surface area contributed by atoms with E-state index in [0.29, 0.717) is 0 Å². The number of hydrogen-bond acceptors (Lipinski definition) is 3. The average Bonchev–Trinajstić information content (AvgIpc) is 2.42. The lowest BCUT2D eigenvalue weighted by molar-refractivity contribution is -0.484. The molecule has 1 saturated heterocycles. The number of nitrogens with zero attached hydrogens (tertiary/aromatic N) is 1. The summed E-state index contributed by atoms with van der Waals surface area (Å²) in [5.74, 6) is 0. The molecule has 2 N–H and O–H groups in total. The van der Waals surface area contributed by atoms with Gasteiger partial charge in [-0.25, -0.2) is 5.32 Å². The van der Waals surface area contributed by atoms with Crippen molar-refractivity contribution >= 4 is 11.8 Å². The molecule has 1 fully saturated rings. The van der Waals surface area contributed by atoms with Crippen molar-refractivity contribution < 1.29 is 14.8 Å². The fourth-order valence-electron chi connectivity index (χ4n) is 2.57.